The van der Waals surface area contributed by atoms with E-state index in [4.69, 9.17) is 10.6 Å². The molecule has 0 aliphatic carbocycles. The lowest BCUT2D eigenvalue weighted by atomic mass is 9.97. The lowest BCUT2D eigenvalue weighted by molar-refractivity contribution is -0.138. The van der Waals surface area contributed by atoms with Crippen LogP contribution >= 0.6 is 0 Å². The standard InChI is InChI=1S/C10H10N2O2/c11-12-7-6-9(10(13)14)8-4-2-1-3-5-8/h1-5,7,9H,6H2,(H,13,14). The van der Waals surface area contributed by atoms with Gasteiger partial charge in [0.05, 0.1) is 12.3 Å². The smallest absolute Gasteiger partial charge is 0.311 e. The van der Waals surface area contributed by atoms with Gasteiger partial charge in [-0.2, -0.15) is 4.79 Å². The topological polar surface area (TPSA) is 73.7 Å². The van der Waals surface area contributed by atoms with Crippen molar-refractivity contribution in [2.75, 3.05) is 0 Å². The van der Waals surface area contributed by atoms with Gasteiger partial charge >= 0.3 is 5.97 Å². The lowest BCUT2D eigenvalue weighted by Crippen LogP contribution is -2.12. The fraction of sp³-hybridized carbons (Fsp3) is 0.200. The Morgan fingerprint density at radius 2 is 2.14 bits per heavy atom. The monoisotopic (exact) mass is 190 g/mol. The third-order valence-electron chi connectivity index (χ3n) is 1.92. The van der Waals surface area contributed by atoms with E-state index < -0.39 is 11.9 Å². The van der Waals surface area contributed by atoms with Gasteiger partial charge < -0.3 is 10.6 Å². The second-order valence-electron chi connectivity index (χ2n) is 2.84. The van der Waals surface area contributed by atoms with Crippen molar-refractivity contribution in [1.82, 2.24) is 0 Å². The van der Waals surface area contributed by atoms with Crippen LogP contribution in [-0.4, -0.2) is 22.1 Å². The van der Waals surface area contributed by atoms with Crippen molar-refractivity contribution in [1.29, 1.82) is 0 Å². The van der Waals surface area contributed by atoms with Gasteiger partial charge in [0, 0.05) is 0 Å². The quantitative estimate of drug-likeness (QED) is 0.444. The molecule has 0 amide bonds. The molecule has 0 aliphatic rings. The Hall–Kier alpha value is -1.93. The van der Waals surface area contributed by atoms with Crippen LogP contribution in [0.15, 0.2) is 30.3 Å². The third-order valence-corrected chi connectivity index (χ3v) is 1.92. The van der Waals surface area contributed by atoms with Crippen LogP contribution in [-0.2, 0) is 4.79 Å². The van der Waals surface area contributed by atoms with Crippen molar-refractivity contribution >= 4 is 12.2 Å². The zero-order valence-corrected chi connectivity index (χ0v) is 7.50. The zero-order valence-electron chi connectivity index (χ0n) is 7.50. The van der Waals surface area contributed by atoms with Crippen LogP contribution in [0.1, 0.15) is 17.9 Å². The van der Waals surface area contributed by atoms with Crippen LogP contribution < -0.4 is 0 Å². The van der Waals surface area contributed by atoms with Gasteiger partial charge in [0.25, 0.3) is 6.21 Å². The van der Waals surface area contributed by atoms with E-state index in [1.165, 1.54) is 6.21 Å². The summed E-state index contributed by atoms with van der Waals surface area (Å²) in [6, 6.07) is 8.86. The van der Waals surface area contributed by atoms with E-state index in [2.05, 4.69) is 4.79 Å². The molecule has 1 N–H and O–H groups in total. The Bertz CT molecular complexity index is 356. The highest BCUT2D eigenvalue weighted by Gasteiger charge is 2.19. The average molecular weight is 190 g/mol. The van der Waals surface area contributed by atoms with Gasteiger partial charge in [0.2, 0.25) is 0 Å². The Balaban J connectivity index is 2.88. The summed E-state index contributed by atoms with van der Waals surface area (Å²) in [5, 5.41) is 8.91. The summed E-state index contributed by atoms with van der Waals surface area (Å²) in [6.07, 6.45) is 1.38. The average Bonchev–Trinajstić information content (AvgIpc) is 2.19. The van der Waals surface area contributed by atoms with E-state index in [0.717, 1.165) is 0 Å². The van der Waals surface area contributed by atoms with Gasteiger partial charge in [0.1, 0.15) is 0 Å². The Kier molecular flexibility index (Phi) is 3.58. The second kappa shape index (κ2) is 4.94. The molecule has 0 saturated heterocycles. The van der Waals surface area contributed by atoms with E-state index in [1.807, 2.05) is 6.07 Å². The molecule has 0 fully saturated rings. The zero-order chi connectivity index (χ0) is 10.4. The SMILES string of the molecule is [N-]=[N+]=CCC(C(=O)O)c1ccccc1. The first-order chi connectivity index (χ1) is 6.75. The van der Waals surface area contributed by atoms with Gasteiger partial charge in [-0.15, -0.1) is 0 Å². The minimum Gasteiger partial charge on any atom is -0.481 e. The molecule has 0 heterocycles. The largest absolute Gasteiger partial charge is 0.481 e. The highest BCUT2D eigenvalue weighted by atomic mass is 16.4. The molecule has 0 spiro atoms. The number of benzene rings is 1. The molecule has 0 bridgehead atoms. The molecule has 1 aromatic rings. The predicted octanol–water partition coefficient (Wildman–Crippen LogP) is 1.55. The van der Waals surface area contributed by atoms with Crippen LogP contribution in [0, 0.1) is 0 Å². The van der Waals surface area contributed by atoms with Crippen LogP contribution in [0.5, 0.6) is 0 Å². The van der Waals surface area contributed by atoms with Crippen molar-refractivity contribution in [3.8, 4) is 0 Å². The number of carboxylic acids is 1. The lowest BCUT2D eigenvalue weighted by Gasteiger charge is -2.07. The van der Waals surface area contributed by atoms with Gasteiger partial charge in [-0.05, 0) is 5.56 Å². The maximum Gasteiger partial charge on any atom is 0.311 e. The fourth-order valence-electron chi connectivity index (χ4n) is 1.22. The number of hydrogen-bond donors (Lipinski definition) is 1. The van der Waals surface area contributed by atoms with Gasteiger partial charge in [-0.25, -0.2) is 0 Å². The maximum absolute atomic E-state index is 10.9. The highest BCUT2D eigenvalue weighted by Crippen LogP contribution is 2.18. The molecule has 0 aromatic heterocycles. The first-order valence-electron chi connectivity index (χ1n) is 4.19. The first kappa shape index (κ1) is 10.2. The maximum atomic E-state index is 10.9. The summed E-state index contributed by atoms with van der Waals surface area (Å²) in [7, 11) is 0. The molecule has 4 nitrogen and oxygen atoms in total. The summed E-state index contributed by atoms with van der Waals surface area (Å²) < 4.78 is 0. The molecule has 4 heteroatoms. The van der Waals surface area contributed by atoms with Crippen LogP contribution in [0.25, 0.3) is 5.53 Å². The Morgan fingerprint density at radius 3 is 2.64 bits per heavy atom. The normalized spacial score (nSPS) is 11.4. The van der Waals surface area contributed by atoms with Gasteiger partial charge in [-0.3, -0.25) is 4.79 Å². The van der Waals surface area contributed by atoms with Gasteiger partial charge in [0.15, 0.2) is 0 Å². The predicted molar refractivity (Wildman–Crippen MR) is 51.1 cm³/mol. The van der Waals surface area contributed by atoms with Crippen LogP contribution in [0.2, 0.25) is 0 Å². The third kappa shape index (κ3) is 2.54. The molecule has 0 radical (unpaired) electrons. The van der Waals surface area contributed by atoms with Gasteiger partial charge in [-0.1, -0.05) is 30.3 Å². The number of hydrogen-bond acceptors (Lipinski definition) is 1. The summed E-state index contributed by atoms with van der Waals surface area (Å²) in [4.78, 5) is 13.7. The minimum absolute atomic E-state index is 0.190. The number of carboxylic acid groups (broad SMARTS) is 1. The molecule has 1 aromatic carbocycles. The molecule has 14 heavy (non-hydrogen) atoms. The molecule has 1 unspecified atom stereocenters. The van der Waals surface area contributed by atoms with Crippen molar-refractivity contribution in [2.45, 2.75) is 12.3 Å². The fourth-order valence-corrected chi connectivity index (χ4v) is 1.22. The molecule has 0 aliphatic heterocycles. The number of aliphatic carboxylic acids is 1. The second-order valence-corrected chi connectivity index (χ2v) is 2.84. The summed E-state index contributed by atoms with van der Waals surface area (Å²) in [6.45, 7) is 0. The molecule has 1 rings (SSSR count). The van der Waals surface area contributed by atoms with E-state index in [1.54, 1.807) is 24.3 Å². The number of carbonyl (C=O) groups is 1. The summed E-state index contributed by atoms with van der Waals surface area (Å²) in [5.74, 6) is -1.57. The first-order valence-corrected chi connectivity index (χ1v) is 4.19. The molecular formula is C10H10N2O2. The van der Waals surface area contributed by atoms with E-state index in [0.29, 0.717) is 5.56 Å². The van der Waals surface area contributed by atoms with E-state index in [9.17, 15) is 4.79 Å². The van der Waals surface area contributed by atoms with Crippen molar-refractivity contribution in [3.05, 3.63) is 41.4 Å². The molecular weight excluding hydrogens is 180 g/mol. The molecule has 0 saturated carbocycles. The van der Waals surface area contributed by atoms with Crippen molar-refractivity contribution < 1.29 is 14.7 Å². The van der Waals surface area contributed by atoms with Crippen LogP contribution in [0.4, 0.5) is 0 Å². The van der Waals surface area contributed by atoms with E-state index >= 15 is 0 Å². The summed E-state index contributed by atoms with van der Waals surface area (Å²) >= 11 is 0. The Morgan fingerprint density at radius 1 is 1.50 bits per heavy atom. The number of rotatable bonds is 4. The number of nitrogens with zero attached hydrogens (tertiary/aromatic N) is 2. The minimum atomic E-state index is -0.920. The van der Waals surface area contributed by atoms with Crippen molar-refractivity contribution in [3.63, 3.8) is 0 Å². The molecule has 72 valence electrons. The highest BCUT2D eigenvalue weighted by molar-refractivity contribution is 5.79. The summed E-state index contributed by atoms with van der Waals surface area (Å²) in [5.41, 5.74) is 8.93. The van der Waals surface area contributed by atoms with E-state index in [-0.39, 0.29) is 6.42 Å². The van der Waals surface area contributed by atoms with Crippen molar-refractivity contribution in [2.24, 2.45) is 0 Å². The van der Waals surface area contributed by atoms with Crippen LogP contribution in [0.3, 0.4) is 0 Å². The Labute approximate surface area is 81.4 Å². The molecule has 1 atom stereocenters.